The van der Waals surface area contributed by atoms with E-state index in [0.717, 1.165) is 0 Å². The fraction of sp³-hybridized carbons (Fsp3) is 0.0714. The molecule has 0 unspecified atom stereocenters. The summed E-state index contributed by atoms with van der Waals surface area (Å²) in [5, 5.41) is 7.17. The predicted octanol–water partition coefficient (Wildman–Crippen LogP) is 2.41. The van der Waals surface area contributed by atoms with Gasteiger partial charge in [0, 0.05) is 30.6 Å². The highest BCUT2D eigenvalue weighted by atomic mass is 19.1. The van der Waals surface area contributed by atoms with Crippen LogP contribution in [0.1, 0.15) is 5.56 Å². The third kappa shape index (κ3) is 2.64. The van der Waals surface area contributed by atoms with E-state index in [1.165, 1.54) is 12.4 Å². The summed E-state index contributed by atoms with van der Waals surface area (Å²) in [5.41, 5.74) is 0.590. The molecule has 0 aliphatic carbocycles. The van der Waals surface area contributed by atoms with Gasteiger partial charge >= 0.3 is 0 Å². The number of nitrogens with zero attached hydrogens (tertiary/aromatic N) is 4. The Morgan fingerprint density at radius 3 is 2.85 bits per heavy atom. The Labute approximate surface area is 115 Å². The molecule has 0 amide bonds. The predicted molar refractivity (Wildman–Crippen MR) is 72.9 cm³/mol. The average molecular weight is 269 g/mol. The molecule has 0 atom stereocenters. The monoisotopic (exact) mass is 269 g/mol. The van der Waals surface area contributed by atoms with E-state index in [1.54, 1.807) is 41.3 Å². The highest BCUT2D eigenvalue weighted by molar-refractivity contribution is 5.40. The number of anilines is 1. The Bertz CT molecular complexity index is 696. The lowest BCUT2D eigenvalue weighted by Crippen LogP contribution is -2.05. The van der Waals surface area contributed by atoms with Crippen molar-refractivity contribution in [2.75, 3.05) is 5.32 Å². The van der Waals surface area contributed by atoms with E-state index in [9.17, 15) is 4.39 Å². The first-order valence-electron chi connectivity index (χ1n) is 6.12. The molecule has 100 valence electrons. The van der Waals surface area contributed by atoms with Gasteiger partial charge in [-0.1, -0.05) is 18.2 Å². The second-order valence-corrected chi connectivity index (χ2v) is 4.16. The van der Waals surface area contributed by atoms with E-state index >= 15 is 0 Å². The van der Waals surface area contributed by atoms with Crippen LogP contribution < -0.4 is 5.32 Å². The number of benzene rings is 1. The largest absolute Gasteiger partial charge is 0.366 e. The molecule has 0 aliphatic rings. The van der Waals surface area contributed by atoms with E-state index in [2.05, 4.69) is 20.4 Å². The Balaban J connectivity index is 1.75. The van der Waals surface area contributed by atoms with Crippen molar-refractivity contribution < 1.29 is 4.39 Å². The summed E-state index contributed by atoms with van der Waals surface area (Å²) in [6.07, 6.45) is 4.91. The van der Waals surface area contributed by atoms with E-state index in [4.69, 9.17) is 0 Å². The van der Waals surface area contributed by atoms with Gasteiger partial charge in [-0.25, -0.2) is 19.0 Å². The second-order valence-electron chi connectivity index (χ2n) is 4.16. The molecule has 0 aliphatic heterocycles. The van der Waals surface area contributed by atoms with Crippen LogP contribution in [0.25, 0.3) is 5.82 Å². The molecule has 0 saturated heterocycles. The Hall–Kier alpha value is -2.76. The van der Waals surface area contributed by atoms with Gasteiger partial charge in [-0.3, -0.25) is 0 Å². The summed E-state index contributed by atoms with van der Waals surface area (Å²) >= 11 is 0. The Kier molecular flexibility index (Phi) is 3.36. The molecule has 5 nitrogen and oxygen atoms in total. The van der Waals surface area contributed by atoms with Gasteiger partial charge < -0.3 is 5.32 Å². The van der Waals surface area contributed by atoms with E-state index in [1.807, 2.05) is 6.07 Å². The van der Waals surface area contributed by atoms with E-state index < -0.39 is 0 Å². The van der Waals surface area contributed by atoms with Crippen molar-refractivity contribution >= 4 is 5.82 Å². The summed E-state index contributed by atoms with van der Waals surface area (Å²) in [5.74, 6) is 1.04. The summed E-state index contributed by atoms with van der Waals surface area (Å²) in [6, 6.07) is 10.2. The maximum atomic E-state index is 13.5. The van der Waals surface area contributed by atoms with Crippen molar-refractivity contribution in [3.8, 4) is 5.82 Å². The molecule has 20 heavy (non-hydrogen) atoms. The van der Waals surface area contributed by atoms with Crippen molar-refractivity contribution in [2.45, 2.75) is 6.54 Å². The van der Waals surface area contributed by atoms with Gasteiger partial charge in [-0.15, -0.1) is 0 Å². The topological polar surface area (TPSA) is 55.6 Å². The third-order valence-electron chi connectivity index (χ3n) is 2.81. The molecule has 3 aromatic rings. The first kappa shape index (κ1) is 12.3. The highest BCUT2D eigenvalue weighted by Gasteiger charge is 2.03. The molecule has 2 heterocycles. The lowest BCUT2D eigenvalue weighted by molar-refractivity contribution is 0.613. The fourth-order valence-electron chi connectivity index (χ4n) is 1.80. The number of aromatic nitrogens is 4. The number of halogens is 1. The molecule has 6 heteroatoms. The molecular weight excluding hydrogens is 257 g/mol. The normalized spacial score (nSPS) is 10.4. The molecule has 1 aromatic carbocycles. The minimum Gasteiger partial charge on any atom is -0.366 e. The second kappa shape index (κ2) is 5.48. The Morgan fingerprint density at radius 2 is 2.05 bits per heavy atom. The molecule has 0 radical (unpaired) electrons. The van der Waals surface area contributed by atoms with Crippen LogP contribution in [0.3, 0.4) is 0 Å². The highest BCUT2D eigenvalue weighted by Crippen LogP contribution is 2.11. The van der Waals surface area contributed by atoms with Gasteiger partial charge in [0.1, 0.15) is 18.0 Å². The maximum Gasteiger partial charge on any atom is 0.158 e. The lowest BCUT2D eigenvalue weighted by atomic mass is 10.2. The van der Waals surface area contributed by atoms with Crippen LogP contribution in [-0.4, -0.2) is 19.7 Å². The molecule has 0 fully saturated rings. The SMILES string of the molecule is Fc1ccccc1CNc1cc(-n2cccn2)ncn1. The van der Waals surface area contributed by atoms with Crippen LogP contribution in [0.4, 0.5) is 10.2 Å². The molecule has 0 bridgehead atoms. The molecular formula is C14H12FN5. The third-order valence-corrected chi connectivity index (χ3v) is 2.81. The molecule has 0 spiro atoms. The Morgan fingerprint density at radius 1 is 1.15 bits per heavy atom. The standard InChI is InChI=1S/C14H12FN5/c15-12-5-2-1-4-11(12)9-16-13-8-14(18-10-17-13)20-7-3-6-19-20/h1-8,10H,9H2,(H,16,17,18). The summed E-state index contributed by atoms with van der Waals surface area (Å²) in [6.45, 7) is 0.363. The number of hydrogen-bond donors (Lipinski definition) is 1. The maximum absolute atomic E-state index is 13.5. The summed E-state index contributed by atoms with van der Waals surface area (Å²) in [7, 11) is 0. The van der Waals surface area contributed by atoms with Gasteiger partial charge in [-0.05, 0) is 12.1 Å². The first-order chi connectivity index (χ1) is 9.83. The van der Waals surface area contributed by atoms with Gasteiger partial charge in [0.2, 0.25) is 0 Å². The first-order valence-corrected chi connectivity index (χ1v) is 6.12. The van der Waals surface area contributed by atoms with E-state index in [-0.39, 0.29) is 5.82 Å². The number of rotatable bonds is 4. The van der Waals surface area contributed by atoms with Crippen LogP contribution in [0.5, 0.6) is 0 Å². The zero-order chi connectivity index (χ0) is 13.8. The molecule has 1 N–H and O–H groups in total. The van der Waals surface area contributed by atoms with Crippen LogP contribution in [0.2, 0.25) is 0 Å². The van der Waals surface area contributed by atoms with Crippen molar-refractivity contribution in [1.29, 1.82) is 0 Å². The molecule has 2 aromatic heterocycles. The zero-order valence-corrected chi connectivity index (χ0v) is 10.6. The van der Waals surface area contributed by atoms with Gasteiger partial charge in [0.15, 0.2) is 5.82 Å². The average Bonchev–Trinajstić information content (AvgIpc) is 3.01. The minimum atomic E-state index is -0.235. The van der Waals surface area contributed by atoms with Crippen molar-refractivity contribution in [1.82, 2.24) is 19.7 Å². The lowest BCUT2D eigenvalue weighted by Gasteiger charge is -2.07. The zero-order valence-electron chi connectivity index (χ0n) is 10.6. The molecule has 0 saturated carbocycles. The summed E-state index contributed by atoms with van der Waals surface area (Å²) in [4.78, 5) is 8.24. The van der Waals surface area contributed by atoms with Gasteiger partial charge in [-0.2, -0.15) is 5.10 Å². The summed E-state index contributed by atoms with van der Waals surface area (Å²) < 4.78 is 15.1. The molecule has 3 rings (SSSR count). The van der Waals surface area contributed by atoms with Gasteiger partial charge in [0.05, 0.1) is 0 Å². The quantitative estimate of drug-likeness (QED) is 0.790. The fourth-order valence-corrected chi connectivity index (χ4v) is 1.80. The van der Waals surface area contributed by atoms with Crippen molar-refractivity contribution in [2.24, 2.45) is 0 Å². The van der Waals surface area contributed by atoms with Gasteiger partial charge in [0.25, 0.3) is 0 Å². The number of nitrogens with one attached hydrogen (secondary N) is 1. The van der Waals surface area contributed by atoms with Crippen molar-refractivity contribution in [3.63, 3.8) is 0 Å². The smallest absolute Gasteiger partial charge is 0.158 e. The van der Waals surface area contributed by atoms with Crippen LogP contribution in [0.15, 0.2) is 55.1 Å². The number of hydrogen-bond acceptors (Lipinski definition) is 4. The van der Waals surface area contributed by atoms with Crippen LogP contribution >= 0.6 is 0 Å². The minimum absolute atomic E-state index is 0.235. The van der Waals surface area contributed by atoms with Crippen molar-refractivity contribution in [3.05, 3.63) is 66.5 Å². The van der Waals surface area contributed by atoms with Crippen LogP contribution in [-0.2, 0) is 6.54 Å². The van der Waals surface area contributed by atoms with Crippen LogP contribution in [0, 0.1) is 5.82 Å². The van der Waals surface area contributed by atoms with E-state index in [0.29, 0.717) is 23.7 Å².